The first kappa shape index (κ1) is 8.16. The summed E-state index contributed by atoms with van der Waals surface area (Å²) in [5, 5.41) is 0. The van der Waals surface area contributed by atoms with E-state index in [1.807, 2.05) is 0 Å². The van der Waals surface area contributed by atoms with Crippen molar-refractivity contribution in [2.45, 2.75) is 46.2 Å². The summed E-state index contributed by atoms with van der Waals surface area (Å²) in [6.45, 7) is 10.5. The van der Waals surface area contributed by atoms with Gasteiger partial charge in [-0.2, -0.15) is 0 Å². The molecule has 0 nitrogen and oxygen atoms in total. The first-order valence-corrected chi connectivity index (χ1v) is 4.61. The summed E-state index contributed by atoms with van der Waals surface area (Å²) in [4.78, 5) is 0. The molecule has 0 radical (unpaired) electrons. The van der Waals surface area contributed by atoms with Crippen LogP contribution in [0.4, 0.5) is 0 Å². The Balaban J connectivity index is 2.46. The molecule has 0 aromatic carbocycles. The predicted molar refractivity (Wildman–Crippen MR) is 48.8 cm³/mol. The molecule has 0 bridgehead atoms. The van der Waals surface area contributed by atoms with E-state index in [-0.39, 0.29) is 0 Å². The van der Waals surface area contributed by atoms with Crippen LogP contribution in [0, 0.1) is 11.8 Å². The van der Waals surface area contributed by atoms with Crippen molar-refractivity contribution in [1.29, 1.82) is 0 Å². The molecule has 10 heavy (non-hydrogen) atoms. The molecule has 0 aromatic rings. The molecule has 1 rings (SSSR count). The molecule has 2 atom stereocenters. The van der Waals surface area contributed by atoms with E-state index in [1.54, 1.807) is 0 Å². The Morgan fingerprint density at radius 3 is 2.20 bits per heavy atom. The van der Waals surface area contributed by atoms with E-state index in [2.05, 4.69) is 27.6 Å². The lowest BCUT2D eigenvalue weighted by molar-refractivity contribution is 0.508. The lowest BCUT2D eigenvalue weighted by atomic mass is 9.42. The van der Waals surface area contributed by atoms with Gasteiger partial charge in [-0.05, 0) is 0 Å². The van der Waals surface area contributed by atoms with Gasteiger partial charge < -0.3 is 0 Å². The van der Waals surface area contributed by atoms with E-state index in [0.717, 1.165) is 24.4 Å². The second kappa shape index (κ2) is 2.98. The normalized spacial score (nSPS) is 33.9. The summed E-state index contributed by atoms with van der Waals surface area (Å²) in [5.41, 5.74) is 0. The zero-order valence-corrected chi connectivity index (χ0v) is 7.72. The Kier molecular flexibility index (Phi) is 2.43. The van der Waals surface area contributed by atoms with Crippen LogP contribution in [-0.4, -0.2) is 6.71 Å². The zero-order chi connectivity index (χ0) is 7.72. The van der Waals surface area contributed by atoms with Gasteiger partial charge in [-0.1, -0.05) is 58.0 Å². The van der Waals surface area contributed by atoms with E-state index in [4.69, 9.17) is 0 Å². The monoisotopic (exact) mass is 138 g/mol. The molecule has 2 unspecified atom stereocenters. The Bertz CT molecular complexity index is 109. The first-order valence-electron chi connectivity index (χ1n) is 4.61. The van der Waals surface area contributed by atoms with Crippen molar-refractivity contribution in [3.05, 3.63) is 0 Å². The minimum absolute atomic E-state index is 0.903. The summed E-state index contributed by atoms with van der Waals surface area (Å²) < 4.78 is 0. The second-order valence-electron chi connectivity index (χ2n) is 4.46. The third-order valence-corrected chi connectivity index (χ3v) is 3.04. The molecule has 1 heterocycles. The van der Waals surface area contributed by atoms with Crippen molar-refractivity contribution < 1.29 is 0 Å². The van der Waals surface area contributed by atoms with Gasteiger partial charge in [-0.15, -0.1) is 0 Å². The number of hydrogen-bond acceptors (Lipinski definition) is 0. The summed E-state index contributed by atoms with van der Waals surface area (Å²) >= 11 is 0. The van der Waals surface area contributed by atoms with Crippen LogP contribution in [0.2, 0.25) is 19.0 Å². The van der Waals surface area contributed by atoms with Gasteiger partial charge in [0.1, 0.15) is 6.71 Å². The maximum absolute atomic E-state index is 2.41. The number of rotatable bonds is 1. The molecule has 0 aliphatic carbocycles. The van der Waals surface area contributed by atoms with Gasteiger partial charge in [0, 0.05) is 0 Å². The second-order valence-corrected chi connectivity index (χ2v) is 4.46. The van der Waals surface area contributed by atoms with Crippen molar-refractivity contribution in [2.24, 2.45) is 11.8 Å². The predicted octanol–water partition coefficient (Wildman–Crippen LogP) is 3.18. The van der Waals surface area contributed by atoms with Crippen molar-refractivity contribution in [1.82, 2.24) is 0 Å². The van der Waals surface area contributed by atoms with Crippen LogP contribution in [0.25, 0.3) is 0 Å². The summed E-state index contributed by atoms with van der Waals surface area (Å²) in [6.07, 6.45) is 2.93. The maximum Gasteiger partial charge on any atom is 0.140 e. The molecule has 0 N–H and O–H groups in total. The highest BCUT2D eigenvalue weighted by Crippen LogP contribution is 2.39. The minimum Gasteiger partial charge on any atom is -0.0858 e. The van der Waals surface area contributed by atoms with Gasteiger partial charge in [0.15, 0.2) is 0 Å². The highest BCUT2D eigenvalue weighted by atomic mass is 14.2. The van der Waals surface area contributed by atoms with Crippen LogP contribution in [0.3, 0.4) is 0 Å². The lowest BCUT2D eigenvalue weighted by Gasteiger charge is -2.16. The summed E-state index contributed by atoms with van der Waals surface area (Å²) in [5.74, 6) is 2.90. The Morgan fingerprint density at radius 2 is 2.00 bits per heavy atom. The average Bonchev–Trinajstić information content (AvgIpc) is 2.10. The fourth-order valence-corrected chi connectivity index (χ4v) is 2.53. The smallest absolute Gasteiger partial charge is 0.0858 e. The van der Waals surface area contributed by atoms with Gasteiger partial charge in [0.05, 0.1) is 0 Å². The van der Waals surface area contributed by atoms with Crippen LogP contribution in [0.15, 0.2) is 0 Å². The van der Waals surface area contributed by atoms with Crippen molar-refractivity contribution in [3.8, 4) is 0 Å². The molecule has 0 aromatic heterocycles. The highest BCUT2D eigenvalue weighted by Gasteiger charge is 2.32. The molecule has 0 saturated carbocycles. The lowest BCUT2D eigenvalue weighted by Crippen LogP contribution is -2.13. The van der Waals surface area contributed by atoms with Crippen LogP contribution in [0.1, 0.15) is 27.2 Å². The standard InChI is InChI=1S/C9H19B/c1-7(2)9-5-8(3)6-10(9)4/h7-9H,5-6H2,1-4H3. The first-order chi connectivity index (χ1) is 4.61. The fraction of sp³-hybridized carbons (Fsp3) is 1.00. The molecule has 0 spiro atoms. The van der Waals surface area contributed by atoms with Crippen LogP contribution in [-0.2, 0) is 0 Å². The minimum atomic E-state index is 0.903. The summed E-state index contributed by atoms with van der Waals surface area (Å²) in [7, 11) is 0. The SMILES string of the molecule is CB1CC(C)CC1C(C)C. The molecule has 1 aliphatic rings. The Morgan fingerprint density at radius 1 is 1.40 bits per heavy atom. The average molecular weight is 138 g/mol. The van der Waals surface area contributed by atoms with Crippen molar-refractivity contribution >= 4 is 6.71 Å². The quantitative estimate of drug-likeness (QED) is 0.488. The van der Waals surface area contributed by atoms with E-state index in [1.165, 1.54) is 12.7 Å². The molecular weight excluding hydrogens is 119 g/mol. The molecule has 1 saturated heterocycles. The third kappa shape index (κ3) is 1.56. The molecule has 0 amide bonds. The molecular formula is C9H19B. The van der Waals surface area contributed by atoms with Crippen LogP contribution < -0.4 is 0 Å². The third-order valence-electron chi connectivity index (χ3n) is 3.04. The largest absolute Gasteiger partial charge is 0.140 e. The maximum atomic E-state index is 2.41. The zero-order valence-electron chi connectivity index (χ0n) is 7.72. The summed E-state index contributed by atoms with van der Waals surface area (Å²) in [6, 6.07) is 0. The van der Waals surface area contributed by atoms with Crippen molar-refractivity contribution in [3.63, 3.8) is 0 Å². The van der Waals surface area contributed by atoms with Crippen molar-refractivity contribution in [2.75, 3.05) is 0 Å². The van der Waals surface area contributed by atoms with Gasteiger partial charge in [0.25, 0.3) is 0 Å². The number of hydrogen-bond donors (Lipinski definition) is 0. The fourth-order valence-electron chi connectivity index (χ4n) is 2.53. The molecule has 1 heteroatoms. The Labute approximate surface area is 65.5 Å². The van der Waals surface area contributed by atoms with Crippen LogP contribution in [0.5, 0.6) is 0 Å². The van der Waals surface area contributed by atoms with Gasteiger partial charge in [-0.25, -0.2) is 0 Å². The van der Waals surface area contributed by atoms with Gasteiger partial charge >= 0.3 is 0 Å². The van der Waals surface area contributed by atoms with Gasteiger partial charge in [-0.3, -0.25) is 0 Å². The van der Waals surface area contributed by atoms with E-state index >= 15 is 0 Å². The van der Waals surface area contributed by atoms with E-state index < -0.39 is 0 Å². The Hall–Kier alpha value is 0.0649. The van der Waals surface area contributed by atoms with E-state index in [0.29, 0.717) is 0 Å². The topological polar surface area (TPSA) is 0 Å². The van der Waals surface area contributed by atoms with Crippen LogP contribution >= 0.6 is 0 Å². The molecule has 1 aliphatic heterocycles. The molecule has 58 valence electrons. The van der Waals surface area contributed by atoms with Gasteiger partial charge in [0.2, 0.25) is 0 Å². The van der Waals surface area contributed by atoms with E-state index in [9.17, 15) is 0 Å². The highest BCUT2D eigenvalue weighted by molar-refractivity contribution is 6.60. The molecule has 1 fully saturated rings.